The van der Waals surface area contributed by atoms with Crippen molar-refractivity contribution < 1.29 is 134 Å². The quantitative estimate of drug-likeness (QED) is 0.486. The van der Waals surface area contributed by atoms with E-state index in [4.69, 9.17) is 5.73 Å². The summed E-state index contributed by atoms with van der Waals surface area (Å²) in [6, 6.07) is -1.46. The van der Waals surface area contributed by atoms with E-state index in [-0.39, 0.29) is 114 Å². The van der Waals surface area contributed by atoms with Crippen molar-refractivity contribution in [3.63, 3.8) is 0 Å². The Morgan fingerprint density at radius 3 is 1.54 bits per heavy atom. The molecule has 68 valence electrons. The molecule has 13 heavy (non-hydrogen) atoms. The van der Waals surface area contributed by atoms with Gasteiger partial charge in [0, 0.05) is 18.4 Å². The van der Waals surface area contributed by atoms with Crippen molar-refractivity contribution in [1.82, 2.24) is 0 Å². The van der Waals surface area contributed by atoms with E-state index in [2.05, 4.69) is 0 Å². The van der Waals surface area contributed by atoms with Gasteiger partial charge in [0.1, 0.15) is 0 Å². The van der Waals surface area contributed by atoms with Crippen LogP contribution in [0.25, 0.3) is 0 Å². The summed E-state index contributed by atoms with van der Waals surface area (Å²) in [6.45, 7) is 0. The summed E-state index contributed by atoms with van der Waals surface area (Å²) in [4.78, 5) is 19.3. The molecule has 0 radical (unpaired) electrons. The summed E-state index contributed by atoms with van der Waals surface area (Å²) >= 11 is 0. The van der Waals surface area contributed by atoms with Crippen molar-refractivity contribution in [3.05, 3.63) is 0 Å². The van der Waals surface area contributed by atoms with Gasteiger partial charge in [0.15, 0.2) is 0 Å². The standard InChI is InChI=1S/C4H7NO4.2K.2H2O/c5-2(4(8)9)1-3(6)7;;;;/h2H,1,5H2,(H,6,7)(H,8,9);;;2*1H2/q;2*+1;;/p-2. The van der Waals surface area contributed by atoms with Crippen molar-refractivity contribution in [1.29, 1.82) is 0 Å². The third kappa shape index (κ3) is 20.2. The second kappa shape index (κ2) is 16.5. The van der Waals surface area contributed by atoms with E-state index in [0.29, 0.717) is 0 Å². The SMILES string of the molecule is NC(CC(=O)[O-])C(=O)[O-].O.O.[K+].[K+]. The van der Waals surface area contributed by atoms with E-state index in [9.17, 15) is 19.8 Å². The smallest absolute Gasteiger partial charge is 0.550 e. The van der Waals surface area contributed by atoms with Gasteiger partial charge in [-0.3, -0.25) is 0 Å². The molecule has 0 rings (SSSR count). The van der Waals surface area contributed by atoms with E-state index < -0.39 is 24.4 Å². The van der Waals surface area contributed by atoms with Gasteiger partial charge in [-0.2, -0.15) is 0 Å². The average molecular weight is 245 g/mol. The van der Waals surface area contributed by atoms with Crippen LogP contribution in [0.5, 0.6) is 0 Å². The molecule has 0 aromatic carbocycles. The second-order valence-corrected chi connectivity index (χ2v) is 1.50. The average Bonchev–Trinajstić information content (AvgIpc) is 1.63. The summed E-state index contributed by atoms with van der Waals surface area (Å²) in [6.07, 6.45) is -0.706. The van der Waals surface area contributed by atoms with Crippen LogP contribution in [0.4, 0.5) is 0 Å². The van der Waals surface area contributed by atoms with Gasteiger partial charge >= 0.3 is 103 Å². The maximum Gasteiger partial charge on any atom is 1.00 e. The molecular weight excluding hydrogens is 236 g/mol. The Hall–Kier alpha value is 2.09. The molecule has 0 saturated heterocycles. The van der Waals surface area contributed by atoms with Gasteiger partial charge in [0.05, 0.1) is 5.97 Å². The normalized spacial score (nSPS) is 8.69. The minimum absolute atomic E-state index is 0. The van der Waals surface area contributed by atoms with Crippen LogP contribution in [0.1, 0.15) is 6.42 Å². The Bertz CT molecular complexity index is 143. The molecule has 0 aromatic heterocycles. The van der Waals surface area contributed by atoms with Gasteiger partial charge in [-0.05, 0) is 0 Å². The van der Waals surface area contributed by atoms with Gasteiger partial charge in [-0.25, -0.2) is 0 Å². The Morgan fingerprint density at radius 1 is 1.15 bits per heavy atom. The molecule has 0 bridgehead atoms. The van der Waals surface area contributed by atoms with E-state index in [1.807, 2.05) is 0 Å². The van der Waals surface area contributed by atoms with Crippen molar-refractivity contribution in [2.45, 2.75) is 12.5 Å². The molecule has 0 fully saturated rings. The number of carboxylic acid groups (broad SMARTS) is 2. The Kier molecular flexibility index (Phi) is 37.4. The van der Waals surface area contributed by atoms with Crippen LogP contribution in [0.2, 0.25) is 0 Å². The molecule has 1 atom stereocenters. The van der Waals surface area contributed by atoms with Crippen molar-refractivity contribution >= 4 is 11.9 Å². The predicted octanol–water partition coefficient (Wildman–Crippen LogP) is -11.4. The van der Waals surface area contributed by atoms with Crippen LogP contribution in [-0.2, 0) is 9.59 Å². The first kappa shape index (κ1) is 29.4. The van der Waals surface area contributed by atoms with Gasteiger partial charge in [-0.1, -0.05) is 0 Å². The first-order valence-corrected chi connectivity index (χ1v) is 2.20. The molecule has 0 aliphatic carbocycles. The number of carbonyl (C=O) groups is 2. The monoisotopic (exact) mass is 245 g/mol. The molecule has 0 heterocycles. The predicted molar refractivity (Wildman–Crippen MR) is 29.8 cm³/mol. The molecule has 7 nitrogen and oxygen atoms in total. The summed E-state index contributed by atoms with van der Waals surface area (Å²) in [7, 11) is 0. The van der Waals surface area contributed by atoms with Crippen LogP contribution in [0.3, 0.4) is 0 Å². The van der Waals surface area contributed by atoms with Gasteiger partial charge in [0.25, 0.3) is 0 Å². The van der Waals surface area contributed by atoms with E-state index in [1.165, 1.54) is 0 Å². The van der Waals surface area contributed by atoms with Crippen molar-refractivity contribution in [2.24, 2.45) is 5.73 Å². The molecule has 0 spiro atoms. The van der Waals surface area contributed by atoms with E-state index in [1.54, 1.807) is 0 Å². The second-order valence-electron chi connectivity index (χ2n) is 1.50. The molecule has 0 amide bonds. The number of hydrogen-bond donors (Lipinski definition) is 1. The minimum Gasteiger partial charge on any atom is -0.550 e. The van der Waals surface area contributed by atoms with E-state index in [0.717, 1.165) is 0 Å². The molecule has 0 saturated carbocycles. The van der Waals surface area contributed by atoms with Crippen molar-refractivity contribution in [3.8, 4) is 0 Å². The fraction of sp³-hybridized carbons (Fsp3) is 0.500. The number of carboxylic acids is 2. The fourth-order valence-corrected chi connectivity index (χ4v) is 0.263. The van der Waals surface area contributed by atoms with Crippen molar-refractivity contribution in [2.75, 3.05) is 0 Å². The first-order chi connectivity index (χ1) is 4.04. The van der Waals surface area contributed by atoms with Gasteiger partial charge in [0.2, 0.25) is 0 Å². The maximum atomic E-state index is 9.71. The molecule has 1 unspecified atom stereocenters. The zero-order valence-electron chi connectivity index (χ0n) is 7.49. The Morgan fingerprint density at radius 2 is 1.46 bits per heavy atom. The van der Waals surface area contributed by atoms with Crippen LogP contribution in [0, 0.1) is 0 Å². The topological polar surface area (TPSA) is 169 Å². The minimum atomic E-state index is -1.58. The summed E-state index contributed by atoms with van der Waals surface area (Å²) in [5.74, 6) is -3.08. The number of hydrogen-bond acceptors (Lipinski definition) is 5. The Labute approximate surface area is 160 Å². The molecular formula is C4H9K2NO6. The maximum absolute atomic E-state index is 9.71. The first-order valence-electron chi connectivity index (χ1n) is 2.20. The largest absolute Gasteiger partial charge is 1.00 e. The van der Waals surface area contributed by atoms with E-state index >= 15 is 0 Å². The zero-order valence-corrected chi connectivity index (χ0v) is 13.7. The third-order valence-electron chi connectivity index (χ3n) is 0.689. The molecule has 0 aromatic rings. The van der Waals surface area contributed by atoms with Crippen LogP contribution < -0.4 is 119 Å². The summed E-state index contributed by atoms with van der Waals surface area (Å²) in [5.41, 5.74) is 4.73. The molecule has 6 N–H and O–H groups in total. The van der Waals surface area contributed by atoms with Gasteiger partial charge < -0.3 is 36.5 Å². The summed E-state index contributed by atoms with van der Waals surface area (Å²) < 4.78 is 0. The zero-order chi connectivity index (χ0) is 7.44. The number of rotatable bonds is 3. The number of carbonyl (C=O) groups excluding carboxylic acids is 2. The molecule has 0 aliphatic rings. The number of nitrogens with two attached hydrogens (primary N) is 1. The van der Waals surface area contributed by atoms with Crippen LogP contribution >= 0.6 is 0 Å². The Balaban J connectivity index is -0.0000000533. The third-order valence-corrected chi connectivity index (χ3v) is 0.689. The number of aliphatic carboxylic acids is 2. The summed E-state index contributed by atoms with van der Waals surface area (Å²) in [5, 5.41) is 19.3. The van der Waals surface area contributed by atoms with Crippen LogP contribution in [-0.4, -0.2) is 28.9 Å². The van der Waals surface area contributed by atoms with Gasteiger partial charge in [-0.15, -0.1) is 0 Å². The molecule has 9 heteroatoms. The molecule has 0 aliphatic heterocycles. The van der Waals surface area contributed by atoms with Crippen LogP contribution in [0.15, 0.2) is 0 Å². The fourth-order valence-electron chi connectivity index (χ4n) is 0.263.